The zero-order valence-electron chi connectivity index (χ0n) is 20.0. The minimum absolute atomic E-state index is 0.0636. The maximum Gasteiger partial charge on any atom is 0.226 e. The molecule has 0 saturated carbocycles. The summed E-state index contributed by atoms with van der Waals surface area (Å²) in [6, 6.07) is 14.7. The second kappa shape index (κ2) is 14.5. The number of carbonyl (C=O) groups is 1. The van der Waals surface area contributed by atoms with Gasteiger partial charge in [0.2, 0.25) is 5.91 Å². The number of thioether (sulfide) groups is 1. The van der Waals surface area contributed by atoms with Crippen LogP contribution in [0.1, 0.15) is 52.2 Å². The van der Waals surface area contributed by atoms with Crippen LogP contribution in [0.25, 0.3) is 5.57 Å². The molecule has 1 unspecified atom stereocenters. The van der Waals surface area contributed by atoms with Gasteiger partial charge in [0.05, 0.1) is 5.92 Å². The van der Waals surface area contributed by atoms with Crippen molar-refractivity contribution in [2.45, 2.75) is 45.9 Å². The smallest absolute Gasteiger partial charge is 0.226 e. The van der Waals surface area contributed by atoms with Gasteiger partial charge in [-0.25, -0.2) is 4.39 Å². The average Bonchev–Trinajstić information content (AvgIpc) is 2.80. The molecule has 0 aliphatic rings. The molecule has 1 atom stereocenters. The molecule has 0 spiro atoms. The normalized spacial score (nSPS) is 11.9. The highest BCUT2D eigenvalue weighted by Crippen LogP contribution is 2.32. The Morgan fingerprint density at radius 3 is 2.44 bits per heavy atom. The Kier molecular flexibility index (Phi) is 12.4. The first-order valence-corrected chi connectivity index (χ1v) is 11.8. The highest BCUT2D eigenvalue weighted by molar-refractivity contribution is 8.02. The Hall–Kier alpha value is -2.59. The van der Waals surface area contributed by atoms with Crippen molar-refractivity contribution in [3.8, 4) is 0 Å². The highest BCUT2D eigenvalue weighted by Gasteiger charge is 2.09. The van der Waals surface area contributed by atoms with Crippen LogP contribution in [-0.2, 0) is 4.79 Å². The van der Waals surface area contributed by atoms with Crippen molar-refractivity contribution in [3.05, 3.63) is 95.7 Å². The second-order valence-electron chi connectivity index (χ2n) is 8.08. The van der Waals surface area contributed by atoms with Gasteiger partial charge >= 0.3 is 0 Å². The van der Waals surface area contributed by atoms with E-state index in [4.69, 9.17) is 0 Å². The minimum Gasteiger partial charge on any atom is -0.355 e. The summed E-state index contributed by atoms with van der Waals surface area (Å²) in [5.74, 6) is 0.263. The van der Waals surface area contributed by atoms with Crippen LogP contribution in [0.15, 0.2) is 83.6 Å². The molecular formula is C28H36FNOS. The Morgan fingerprint density at radius 2 is 1.84 bits per heavy atom. The molecule has 0 fully saturated rings. The molecular weight excluding hydrogens is 417 g/mol. The Bertz CT molecular complexity index is 933. The molecule has 2 rings (SSSR count). The van der Waals surface area contributed by atoms with Crippen LogP contribution in [0, 0.1) is 17.7 Å². The van der Waals surface area contributed by atoms with Crippen molar-refractivity contribution in [2.24, 2.45) is 11.8 Å². The summed E-state index contributed by atoms with van der Waals surface area (Å²) in [5, 5.41) is 4.99. The second-order valence-corrected chi connectivity index (χ2v) is 9.00. The first kappa shape index (κ1) is 27.4. The first-order valence-electron chi connectivity index (χ1n) is 11.0. The molecule has 1 N–H and O–H groups in total. The number of carbonyl (C=O) groups excluding carboxylic acids is 1. The van der Waals surface area contributed by atoms with E-state index in [1.54, 1.807) is 23.9 Å². The molecule has 32 heavy (non-hydrogen) atoms. The Labute approximate surface area is 197 Å². The van der Waals surface area contributed by atoms with Crippen molar-refractivity contribution in [2.75, 3.05) is 6.54 Å². The third-order valence-corrected chi connectivity index (χ3v) is 5.91. The maximum absolute atomic E-state index is 13.4. The summed E-state index contributed by atoms with van der Waals surface area (Å²) < 4.78 is 13.4. The van der Waals surface area contributed by atoms with Gasteiger partial charge in [0.15, 0.2) is 0 Å². The van der Waals surface area contributed by atoms with Crippen molar-refractivity contribution in [1.29, 1.82) is 0 Å². The number of benzene rings is 2. The van der Waals surface area contributed by atoms with Crippen LogP contribution in [0.2, 0.25) is 0 Å². The number of allylic oxidation sites excluding steroid dienone is 1. The van der Waals surface area contributed by atoms with E-state index in [1.165, 1.54) is 17.7 Å². The van der Waals surface area contributed by atoms with Gasteiger partial charge in [-0.3, -0.25) is 4.79 Å². The molecule has 0 aliphatic heterocycles. The number of hydrogen-bond acceptors (Lipinski definition) is 2. The van der Waals surface area contributed by atoms with Gasteiger partial charge in [-0.05, 0) is 59.6 Å². The summed E-state index contributed by atoms with van der Waals surface area (Å²) >= 11 is 1.69. The molecule has 2 aromatic carbocycles. The monoisotopic (exact) mass is 453 g/mol. The van der Waals surface area contributed by atoms with Crippen molar-refractivity contribution in [1.82, 2.24) is 5.32 Å². The SMILES string of the molecule is C=C(c1cccc(F)c1)c1ccccc1S/C=C(\C)CC.C=CC(C)C(=O)NCC(C)C. The lowest BCUT2D eigenvalue weighted by Gasteiger charge is -2.11. The molecule has 2 aromatic rings. The summed E-state index contributed by atoms with van der Waals surface area (Å²) in [6.07, 6.45) is 2.69. The summed E-state index contributed by atoms with van der Waals surface area (Å²) in [7, 11) is 0. The zero-order valence-corrected chi connectivity index (χ0v) is 20.8. The van der Waals surface area contributed by atoms with Crippen molar-refractivity contribution in [3.63, 3.8) is 0 Å². The highest BCUT2D eigenvalue weighted by atomic mass is 32.2. The molecule has 0 aliphatic carbocycles. The Morgan fingerprint density at radius 1 is 1.16 bits per heavy atom. The molecule has 0 aromatic heterocycles. The maximum atomic E-state index is 13.4. The number of amides is 1. The third-order valence-electron chi connectivity index (χ3n) is 4.78. The quantitative estimate of drug-likeness (QED) is 0.309. The topological polar surface area (TPSA) is 29.1 Å². The number of nitrogens with one attached hydrogen (secondary N) is 1. The number of hydrogen-bond donors (Lipinski definition) is 1. The van der Waals surface area contributed by atoms with E-state index in [9.17, 15) is 9.18 Å². The third kappa shape index (κ3) is 9.69. The van der Waals surface area contributed by atoms with Gasteiger partial charge in [0.25, 0.3) is 0 Å². The van der Waals surface area contributed by atoms with E-state index < -0.39 is 0 Å². The molecule has 2 nitrogen and oxygen atoms in total. The number of rotatable bonds is 9. The van der Waals surface area contributed by atoms with Crippen molar-refractivity contribution < 1.29 is 9.18 Å². The summed E-state index contributed by atoms with van der Waals surface area (Å²) in [5.41, 5.74) is 4.05. The predicted octanol–water partition coefficient (Wildman–Crippen LogP) is 7.87. The predicted molar refractivity (Wildman–Crippen MR) is 138 cm³/mol. The zero-order chi connectivity index (χ0) is 24.1. The standard InChI is InChI=1S/C19H19FS.C9H17NO/c1-4-14(2)13-21-19-11-6-5-10-18(19)15(3)16-8-7-9-17(20)12-16;1-5-8(4)9(11)10-6-7(2)3/h5-13H,3-4H2,1-2H3;5,7-8H,1,6H2,2-4H3,(H,10,11)/b14-13+;. The van der Waals surface area contributed by atoms with Crippen molar-refractivity contribution >= 4 is 23.2 Å². The van der Waals surface area contributed by atoms with E-state index in [0.717, 1.165) is 34.6 Å². The van der Waals surface area contributed by atoms with Crippen LogP contribution in [0.3, 0.4) is 0 Å². The van der Waals surface area contributed by atoms with E-state index in [2.05, 4.69) is 57.6 Å². The fraction of sp³-hybridized carbons (Fsp3) is 0.321. The Balaban J connectivity index is 0.000000396. The largest absolute Gasteiger partial charge is 0.355 e. The van der Waals surface area contributed by atoms with Crippen LogP contribution >= 0.6 is 11.8 Å². The van der Waals surface area contributed by atoms with Crippen LogP contribution in [0.4, 0.5) is 4.39 Å². The molecule has 1 amide bonds. The van der Waals surface area contributed by atoms with E-state index in [1.807, 2.05) is 31.2 Å². The number of halogens is 1. The lowest BCUT2D eigenvalue weighted by molar-refractivity contribution is -0.123. The molecule has 0 saturated heterocycles. The molecule has 0 bridgehead atoms. The van der Waals surface area contributed by atoms with E-state index in [0.29, 0.717) is 5.92 Å². The molecule has 0 radical (unpaired) electrons. The van der Waals surface area contributed by atoms with Crippen LogP contribution < -0.4 is 5.32 Å². The van der Waals surface area contributed by atoms with Gasteiger partial charge in [0, 0.05) is 11.4 Å². The molecule has 172 valence electrons. The van der Waals surface area contributed by atoms with Gasteiger partial charge in [-0.1, -0.05) is 88.0 Å². The van der Waals surface area contributed by atoms with E-state index >= 15 is 0 Å². The van der Waals surface area contributed by atoms with Crippen LogP contribution in [-0.4, -0.2) is 12.5 Å². The van der Waals surface area contributed by atoms with Gasteiger partial charge in [0.1, 0.15) is 5.82 Å². The van der Waals surface area contributed by atoms with Gasteiger partial charge in [-0.2, -0.15) is 0 Å². The van der Waals surface area contributed by atoms with Gasteiger partial charge in [-0.15, -0.1) is 6.58 Å². The van der Waals surface area contributed by atoms with Crippen LogP contribution in [0.5, 0.6) is 0 Å². The lowest BCUT2D eigenvalue weighted by atomic mass is 9.99. The van der Waals surface area contributed by atoms with Gasteiger partial charge < -0.3 is 5.32 Å². The fourth-order valence-corrected chi connectivity index (χ4v) is 3.44. The fourth-order valence-electron chi connectivity index (χ4n) is 2.47. The molecule has 0 heterocycles. The minimum atomic E-state index is -0.236. The molecule has 4 heteroatoms. The lowest BCUT2D eigenvalue weighted by Crippen LogP contribution is -2.31. The summed E-state index contributed by atoms with van der Waals surface area (Å²) in [4.78, 5) is 12.2. The average molecular weight is 454 g/mol. The first-order chi connectivity index (χ1) is 15.2. The van der Waals surface area contributed by atoms with E-state index in [-0.39, 0.29) is 17.6 Å². The summed E-state index contributed by atoms with van der Waals surface area (Å²) in [6.45, 7) is 18.7.